The van der Waals surface area contributed by atoms with Crippen LogP contribution in [0.5, 0.6) is 0 Å². The van der Waals surface area contributed by atoms with Crippen LogP contribution in [0.2, 0.25) is 5.02 Å². The first-order chi connectivity index (χ1) is 11.6. The molecule has 0 aromatic heterocycles. The molecule has 1 saturated heterocycles. The molecule has 0 saturated carbocycles. The lowest BCUT2D eigenvalue weighted by Gasteiger charge is -2.28. The SMILES string of the molecule is CC(C)(C)OC(=O)N1CCC(N(CC(N)=O)Cc2ccc(Cl)cc2)C1. The van der Waals surface area contributed by atoms with Crippen LogP contribution in [0.1, 0.15) is 32.8 Å². The van der Waals surface area contributed by atoms with Crippen LogP contribution in [-0.2, 0) is 16.1 Å². The highest BCUT2D eigenvalue weighted by Crippen LogP contribution is 2.21. The van der Waals surface area contributed by atoms with Crippen molar-refractivity contribution in [1.82, 2.24) is 9.80 Å². The molecule has 1 unspecified atom stereocenters. The van der Waals surface area contributed by atoms with Crippen molar-refractivity contribution in [2.24, 2.45) is 5.73 Å². The number of amides is 2. The summed E-state index contributed by atoms with van der Waals surface area (Å²) in [5.41, 5.74) is 5.93. The largest absolute Gasteiger partial charge is 0.444 e. The van der Waals surface area contributed by atoms with Gasteiger partial charge in [-0.05, 0) is 44.9 Å². The fraction of sp³-hybridized carbons (Fsp3) is 0.556. The molecule has 0 spiro atoms. The number of carbonyl (C=O) groups excluding carboxylic acids is 2. The third-order valence-electron chi connectivity index (χ3n) is 3.99. The van der Waals surface area contributed by atoms with Gasteiger partial charge >= 0.3 is 6.09 Å². The van der Waals surface area contributed by atoms with Gasteiger partial charge in [0.15, 0.2) is 0 Å². The number of ether oxygens (including phenoxy) is 1. The van der Waals surface area contributed by atoms with Crippen LogP contribution in [0.15, 0.2) is 24.3 Å². The van der Waals surface area contributed by atoms with Gasteiger partial charge in [0.2, 0.25) is 5.91 Å². The molecule has 2 N–H and O–H groups in total. The second-order valence-electron chi connectivity index (χ2n) is 7.37. The van der Waals surface area contributed by atoms with Gasteiger partial charge in [0.05, 0.1) is 6.54 Å². The third kappa shape index (κ3) is 6.21. The van der Waals surface area contributed by atoms with Gasteiger partial charge in [-0.3, -0.25) is 9.69 Å². The minimum absolute atomic E-state index is 0.0655. The Kier molecular flexibility index (Phi) is 6.30. The second-order valence-corrected chi connectivity index (χ2v) is 7.80. The molecule has 6 nitrogen and oxygen atoms in total. The topological polar surface area (TPSA) is 75.9 Å². The van der Waals surface area contributed by atoms with Gasteiger partial charge in [-0.15, -0.1) is 0 Å². The summed E-state index contributed by atoms with van der Waals surface area (Å²) in [5.74, 6) is -0.385. The van der Waals surface area contributed by atoms with E-state index in [0.29, 0.717) is 24.7 Å². The number of benzene rings is 1. The Morgan fingerprint density at radius 1 is 1.32 bits per heavy atom. The molecule has 2 amide bonds. The molecule has 0 bridgehead atoms. The predicted octanol–water partition coefficient (Wildman–Crippen LogP) is 2.64. The average Bonchev–Trinajstić information content (AvgIpc) is 2.96. The number of hydrogen-bond donors (Lipinski definition) is 1. The lowest BCUT2D eigenvalue weighted by molar-refractivity contribution is -0.119. The van der Waals surface area contributed by atoms with Gasteiger partial charge in [-0.25, -0.2) is 4.79 Å². The normalized spacial score (nSPS) is 17.8. The maximum Gasteiger partial charge on any atom is 0.410 e. The number of likely N-dealkylation sites (tertiary alicyclic amines) is 1. The maximum absolute atomic E-state index is 12.2. The monoisotopic (exact) mass is 367 g/mol. The number of halogens is 1. The predicted molar refractivity (Wildman–Crippen MR) is 97.3 cm³/mol. The molecule has 7 heteroatoms. The van der Waals surface area contributed by atoms with Crippen LogP contribution >= 0.6 is 11.6 Å². The van der Waals surface area contributed by atoms with E-state index in [1.54, 1.807) is 4.90 Å². The van der Waals surface area contributed by atoms with E-state index in [1.807, 2.05) is 49.9 Å². The Morgan fingerprint density at radius 2 is 1.96 bits per heavy atom. The highest BCUT2D eigenvalue weighted by molar-refractivity contribution is 6.30. The number of rotatable bonds is 5. The van der Waals surface area contributed by atoms with E-state index in [1.165, 1.54) is 0 Å². The van der Waals surface area contributed by atoms with Crippen molar-refractivity contribution in [3.05, 3.63) is 34.9 Å². The van der Waals surface area contributed by atoms with Gasteiger partial charge in [0.1, 0.15) is 5.60 Å². The molecule has 1 aromatic rings. The van der Waals surface area contributed by atoms with Crippen LogP contribution in [0, 0.1) is 0 Å². The first-order valence-corrected chi connectivity index (χ1v) is 8.76. The summed E-state index contributed by atoms with van der Waals surface area (Å²) in [6.45, 7) is 7.39. The smallest absolute Gasteiger partial charge is 0.410 e. The van der Waals surface area contributed by atoms with Crippen LogP contribution in [0.3, 0.4) is 0 Å². The quantitative estimate of drug-likeness (QED) is 0.868. The van der Waals surface area contributed by atoms with E-state index in [0.717, 1.165) is 12.0 Å². The zero-order chi connectivity index (χ0) is 18.6. The van der Waals surface area contributed by atoms with E-state index in [2.05, 4.69) is 0 Å². The Labute approximate surface area is 153 Å². The lowest BCUT2D eigenvalue weighted by atomic mass is 10.1. The van der Waals surface area contributed by atoms with Crippen LogP contribution in [0.25, 0.3) is 0 Å². The fourth-order valence-corrected chi connectivity index (χ4v) is 3.00. The average molecular weight is 368 g/mol. The molecule has 1 fully saturated rings. The minimum Gasteiger partial charge on any atom is -0.444 e. The lowest BCUT2D eigenvalue weighted by Crippen LogP contribution is -2.43. The van der Waals surface area contributed by atoms with Crippen LogP contribution in [-0.4, -0.2) is 53.1 Å². The van der Waals surface area contributed by atoms with E-state index in [-0.39, 0.29) is 24.6 Å². The number of hydrogen-bond acceptors (Lipinski definition) is 4. The van der Waals surface area contributed by atoms with Gasteiger partial charge in [0, 0.05) is 30.7 Å². The van der Waals surface area contributed by atoms with Crippen molar-refractivity contribution in [2.75, 3.05) is 19.6 Å². The molecule has 138 valence electrons. The van der Waals surface area contributed by atoms with Gasteiger partial charge in [-0.1, -0.05) is 23.7 Å². The zero-order valence-electron chi connectivity index (χ0n) is 15.0. The molecular weight excluding hydrogens is 342 g/mol. The third-order valence-corrected chi connectivity index (χ3v) is 4.24. The Morgan fingerprint density at radius 3 is 2.52 bits per heavy atom. The second kappa shape index (κ2) is 8.06. The van der Waals surface area contributed by atoms with E-state index >= 15 is 0 Å². The highest BCUT2D eigenvalue weighted by Gasteiger charge is 2.33. The summed E-state index contributed by atoms with van der Waals surface area (Å²) in [5, 5.41) is 0.669. The minimum atomic E-state index is -0.522. The van der Waals surface area contributed by atoms with Crippen molar-refractivity contribution in [3.63, 3.8) is 0 Å². The highest BCUT2D eigenvalue weighted by atomic mass is 35.5. The van der Waals surface area contributed by atoms with E-state index in [4.69, 9.17) is 22.1 Å². The van der Waals surface area contributed by atoms with Gasteiger partial charge in [0.25, 0.3) is 0 Å². The van der Waals surface area contributed by atoms with Crippen molar-refractivity contribution < 1.29 is 14.3 Å². The van der Waals surface area contributed by atoms with E-state index < -0.39 is 5.60 Å². The fourth-order valence-electron chi connectivity index (χ4n) is 2.87. The number of primary amides is 1. The molecule has 25 heavy (non-hydrogen) atoms. The first-order valence-electron chi connectivity index (χ1n) is 8.39. The Balaban J connectivity index is 2.02. The Hall–Kier alpha value is -1.79. The molecule has 0 aliphatic carbocycles. The summed E-state index contributed by atoms with van der Waals surface area (Å²) in [7, 11) is 0. The van der Waals surface area contributed by atoms with Crippen molar-refractivity contribution in [1.29, 1.82) is 0 Å². The molecule has 1 aliphatic heterocycles. The van der Waals surface area contributed by atoms with Crippen molar-refractivity contribution in [3.8, 4) is 0 Å². The van der Waals surface area contributed by atoms with Crippen LogP contribution < -0.4 is 5.73 Å². The molecule has 2 rings (SSSR count). The van der Waals surface area contributed by atoms with Gasteiger partial charge < -0.3 is 15.4 Å². The zero-order valence-corrected chi connectivity index (χ0v) is 15.8. The van der Waals surface area contributed by atoms with Crippen molar-refractivity contribution in [2.45, 2.75) is 45.4 Å². The number of nitrogens with zero attached hydrogens (tertiary/aromatic N) is 2. The molecule has 1 heterocycles. The summed E-state index contributed by atoms with van der Waals surface area (Å²) in [6, 6.07) is 7.56. The standard InChI is InChI=1S/C18H26ClN3O3/c1-18(2,3)25-17(24)21-9-8-15(11-21)22(12-16(20)23)10-13-4-6-14(19)7-5-13/h4-7,15H,8-12H2,1-3H3,(H2,20,23). The van der Waals surface area contributed by atoms with Crippen LogP contribution in [0.4, 0.5) is 4.79 Å². The summed E-state index contributed by atoms with van der Waals surface area (Å²) in [4.78, 5) is 27.4. The van der Waals surface area contributed by atoms with Crippen molar-refractivity contribution >= 4 is 23.6 Å². The summed E-state index contributed by atoms with van der Waals surface area (Å²) >= 11 is 5.92. The molecule has 1 aliphatic rings. The number of carbonyl (C=O) groups is 2. The molecule has 0 radical (unpaired) electrons. The van der Waals surface area contributed by atoms with E-state index in [9.17, 15) is 9.59 Å². The number of nitrogens with two attached hydrogens (primary N) is 1. The molecular formula is C18H26ClN3O3. The molecule has 1 atom stereocenters. The van der Waals surface area contributed by atoms with Gasteiger partial charge in [-0.2, -0.15) is 0 Å². The first kappa shape index (κ1) is 19.5. The summed E-state index contributed by atoms with van der Waals surface area (Å²) < 4.78 is 5.42. The molecule has 1 aromatic carbocycles. The Bertz CT molecular complexity index is 613. The maximum atomic E-state index is 12.2. The summed E-state index contributed by atoms with van der Waals surface area (Å²) in [6.07, 6.45) is 0.459.